The average Bonchev–Trinajstić information content (AvgIpc) is 2.41. The summed E-state index contributed by atoms with van der Waals surface area (Å²) in [6, 6.07) is 6.15. The fraction of sp³-hybridized carbons (Fsp3) is 0.154. The minimum Gasteiger partial charge on any atom is -0.497 e. The van der Waals surface area contributed by atoms with Crippen LogP contribution in [0.3, 0.4) is 0 Å². The Balaban J connectivity index is 2.38. The summed E-state index contributed by atoms with van der Waals surface area (Å²) in [6.07, 6.45) is 1.52. The first-order valence-corrected chi connectivity index (χ1v) is 8.19. The summed E-state index contributed by atoms with van der Waals surface area (Å²) < 4.78 is 32.9. The van der Waals surface area contributed by atoms with Crippen molar-refractivity contribution in [1.82, 2.24) is 4.98 Å². The van der Waals surface area contributed by atoms with E-state index in [1.165, 1.54) is 31.5 Å². The van der Waals surface area contributed by atoms with Crippen LogP contribution in [0.2, 0.25) is 0 Å². The van der Waals surface area contributed by atoms with E-state index in [0.717, 1.165) is 4.47 Å². The van der Waals surface area contributed by atoms with E-state index in [-0.39, 0.29) is 16.4 Å². The number of aryl methyl sites for hydroxylation is 1. The van der Waals surface area contributed by atoms with Crippen molar-refractivity contribution in [2.75, 3.05) is 17.6 Å². The molecule has 0 saturated heterocycles. The van der Waals surface area contributed by atoms with E-state index in [1.807, 2.05) is 0 Å². The standard InChI is InChI=1S/C13H14BrN3O3S/c1-8-5-9(14)7-16-13(8)17-21(18,19)12-4-3-10(20-2)6-11(12)15/h3-7H,15H2,1-2H3,(H,16,17). The van der Waals surface area contributed by atoms with Crippen molar-refractivity contribution >= 4 is 37.5 Å². The molecule has 0 atom stereocenters. The van der Waals surface area contributed by atoms with Crippen molar-refractivity contribution in [3.63, 3.8) is 0 Å². The third-order valence-electron chi connectivity index (χ3n) is 2.78. The van der Waals surface area contributed by atoms with Gasteiger partial charge in [-0.15, -0.1) is 0 Å². The number of anilines is 2. The number of benzene rings is 1. The Hall–Kier alpha value is -1.80. The van der Waals surface area contributed by atoms with Gasteiger partial charge in [0.2, 0.25) is 0 Å². The van der Waals surface area contributed by atoms with Gasteiger partial charge in [-0.3, -0.25) is 4.72 Å². The molecule has 3 N–H and O–H groups in total. The summed E-state index contributed by atoms with van der Waals surface area (Å²) in [5.41, 5.74) is 6.57. The number of methoxy groups -OCH3 is 1. The summed E-state index contributed by atoms with van der Waals surface area (Å²) in [7, 11) is -2.33. The molecule has 0 amide bonds. The zero-order valence-corrected chi connectivity index (χ0v) is 13.8. The van der Waals surface area contributed by atoms with Crippen molar-refractivity contribution in [2.24, 2.45) is 0 Å². The maximum atomic E-state index is 12.4. The number of nitrogen functional groups attached to an aromatic ring is 1. The highest BCUT2D eigenvalue weighted by Gasteiger charge is 2.19. The van der Waals surface area contributed by atoms with Crippen molar-refractivity contribution < 1.29 is 13.2 Å². The molecule has 0 aliphatic carbocycles. The van der Waals surface area contributed by atoms with Gasteiger partial charge in [-0.25, -0.2) is 13.4 Å². The van der Waals surface area contributed by atoms with Crippen LogP contribution >= 0.6 is 15.9 Å². The lowest BCUT2D eigenvalue weighted by molar-refractivity contribution is 0.414. The number of nitrogens with two attached hydrogens (primary N) is 1. The smallest absolute Gasteiger partial charge is 0.265 e. The van der Waals surface area contributed by atoms with E-state index in [9.17, 15) is 8.42 Å². The monoisotopic (exact) mass is 371 g/mol. The Morgan fingerprint density at radius 1 is 1.33 bits per heavy atom. The van der Waals surface area contributed by atoms with Gasteiger partial charge in [0, 0.05) is 16.7 Å². The molecule has 2 aromatic rings. The Morgan fingerprint density at radius 3 is 2.62 bits per heavy atom. The number of pyridine rings is 1. The van der Waals surface area contributed by atoms with Gasteiger partial charge in [-0.2, -0.15) is 0 Å². The van der Waals surface area contributed by atoms with Crippen molar-refractivity contribution in [2.45, 2.75) is 11.8 Å². The van der Waals surface area contributed by atoms with Crippen LogP contribution in [0, 0.1) is 6.92 Å². The number of sulfonamides is 1. The summed E-state index contributed by atoms with van der Waals surface area (Å²) in [6.45, 7) is 1.76. The molecule has 1 heterocycles. The quantitative estimate of drug-likeness (QED) is 0.805. The Labute approximate surface area is 131 Å². The minimum atomic E-state index is -3.81. The van der Waals surface area contributed by atoms with Crippen LogP contribution in [0.1, 0.15) is 5.56 Å². The summed E-state index contributed by atoms with van der Waals surface area (Å²) >= 11 is 3.27. The number of hydrogen-bond acceptors (Lipinski definition) is 5. The number of nitrogens with zero attached hydrogens (tertiary/aromatic N) is 1. The predicted octanol–water partition coefficient (Wildman–Crippen LogP) is 2.54. The molecule has 21 heavy (non-hydrogen) atoms. The lowest BCUT2D eigenvalue weighted by Gasteiger charge is -2.12. The first-order chi connectivity index (χ1) is 9.83. The van der Waals surface area contributed by atoms with Gasteiger partial charge in [0.15, 0.2) is 0 Å². The Morgan fingerprint density at radius 2 is 2.05 bits per heavy atom. The molecule has 0 spiro atoms. The maximum Gasteiger partial charge on any atom is 0.265 e. The van der Waals surface area contributed by atoms with Gasteiger partial charge < -0.3 is 10.5 Å². The molecule has 6 nitrogen and oxygen atoms in total. The fourth-order valence-corrected chi connectivity index (χ4v) is 3.37. The molecule has 0 saturated carbocycles. The van der Waals surface area contributed by atoms with E-state index in [2.05, 4.69) is 25.6 Å². The first kappa shape index (κ1) is 15.6. The fourth-order valence-electron chi connectivity index (χ4n) is 1.73. The minimum absolute atomic E-state index is 0.0209. The van der Waals surface area contributed by atoms with E-state index in [1.54, 1.807) is 13.0 Å². The lowest BCUT2D eigenvalue weighted by Crippen LogP contribution is -2.16. The van der Waals surface area contributed by atoms with Gasteiger partial charge in [0.25, 0.3) is 10.0 Å². The summed E-state index contributed by atoms with van der Waals surface area (Å²) in [5.74, 6) is 0.748. The molecular weight excluding hydrogens is 358 g/mol. The Bertz CT molecular complexity index is 778. The molecule has 0 aliphatic rings. The Kier molecular flexibility index (Phi) is 4.38. The van der Waals surface area contributed by atoms with Crippen molar-refractivity contribution in [1.29, 1.82) is 0 Å². The van der Waals surface area contributed by atoms with Gasteiger partial charge in [0.1, 0.15) is 16.5 Å². The van der Waals surface area contributed by atoms with E-state index >= 15 is 0 Å². The molecule has 0 bridgehead atoms. The second-order valence-corrected chi connectivity index (χ2v) is 6.89. The van der Waals surface area contributed by atoms with Crippen LogP contribution in [-0.2, 0) is 10.0 Å². The number of nitrogens with one attached hydrogen (secondary N) is 1. The lowest BCUT2D eigenvalue weighted by atomic mass is 10.3. The molecule has 1 aromatic carbocycles. The number of ether oxygens (including phenoxy) is 1. The molecule has 2 rings (SSSR count). The number of rotatable bonds is 4. The predicted molar refractivity (Wildman–Crippen MR) is 84.9 cm³/mol. The van der Waals surface area contributed by atoms with E-state index in [0.29, 0.717) is 11.3 Å². The third kappa shape index (κ3) is 3.45. The van der Waals surface area contributed by atoms with Crippen LogP contribution in [-0.4, -0.2) is 20.5 Å². The van der Waals surface area contributed by atoms with Gasteiger partial charge in [0.05, 0.1) is 12.8 Å². The van der Waals surface area contributed by atoms with E-state index in [4.69, 9.17) is 10.5 Å². The van der Waals surface area contributed by atoms with Crippen LogP contribution in [0.4, 0.5) is 11.5 Å². The van der Waals surface area contributed by atoms with Crippen LogP contribution in [0.15, 0.2) is 39.8 Å². The SMILES string of the molecule is COc1ccc(S(=O)(=O)Nc2ncc(Br)cc2C)c(N)c1. The number of hydrogen-bond donors (Lipinski definition) is 2. The van der Waals surface area contributed by atoms with Gasteiger partial charge in [-0.05, 0) is 46.6 Å². The molecule has 8 heteroatoms. The summed E-state index contributed by atoms with van der Waals surface area (Å²) in [4.78, 5) is 4.03. The maximum absolute atomic E-state index is 12.4. The summed E-state index contributed by atoms with van der Waals surface area (Å²) in [5, 5.41) is 0. The number of aromatic nitrogens is 1. The molecule has 1 aromatic heterocycles. The second kappa shape index (κ2) is 5.90. The first-order valence-electron chi connectivity index (χ1n) is 5.92. The van der Waals surface area contributed by atoms with Crippen LogP contribution < -0.4 is 15.2 Å². The highest BCUT2D eigenvalue weighted by Crippen LogP contribution is 2.26. The van der Waals surface area contributed by atoms with Crippen molar-refractivity contribution in [3.8, 4) is 5.75 Å². The molecule has 0 fully saturated rings. The van der Waals surface area contributed by atoms with Crippen LogP contribution in [0.25, 0.3) is 0 Å². The van der Waals surface area contributed by atoms with Crippen molar-refractivity contribution in [3.05, 3.63) is 40.5 Å². The normalized spacial score (nSPS) is 11.2. The average molecular weight is 372 g/mol. The molecule has 0 unspecified atom stereocenters. The van der Waals surface area contributed by atoms with Crippen LogP contribution in [0.5, 0.6) is 5.75 Å². The number of halogens is 1. The second-order valence-electron chi connectivity index (χ2n) is 4.33. The third-order valence-corrected chi connectivity index (χ3v) is 4.63. The zero-order valence-electron chi connectivity index (χ0n) is 11.4. The largest absolute Gasteiger partial charge is 0.497 e. The van der Waals surface area contributed by atoms with E-state index < -0.39 is 10.0 Å². The highest BCUT2D eigenvalue weighted by molar-refractivity contribution is 9.10. The highest BCUT2D eigenvalue weighted by atomic mass is 79.9. The molecular formula is C13H14BrN3O3S. The van der Waals surface area contributed by atoms with Gasteiger partial charge in [-0.1, -0.05) is 0 Å². The molecule has 112 valence electrons. The molecule has 0 radical (unpaired) electrons. The topological polar surface area (TPSA) is 94.3 Å². The molecule has 0 aliphatic heterocycles. The van der Waals surface area contributed by atoms with Gasteiger partial charge >= 0.3 is 0 Å². The zero-order chi connectivity index (χ0) is 15.6.